The lowest BCUT2D eigenvalue weighted by molar-refractivity contribution is -0.144. The molecule has 1 heterocycles. The van der Waals surface area contributed by atoms with Gasteiger partial charge in [0, 0.05) is 11.6 Å². The van der Waals surface area contributed by atoms with Gasteiger partial charge >= 0.3 is 17.8 Å². The number of carbonyl (C=O) groups is 3. The summed E-state index contributed by atoms with van der Waals surface area (Å²) in [7, 11) is 0. The highest BCUT2D eigenvalue weighted by atomic mass is 19.1. The van der Waals surface area contributed by atoms with Gasteiger partial charge in [0.2, 0.25) is 0 Å². The fraction of sp³-hybridized carbons (Fsp3) is 0.400. The van der Waals surface area contributed by atoms with Crippen LogP contribution in [0, 0.1) is 11.6 Å². The second-order valence-corrected chi connectivity index (χ2v) is 5.52. The van der Waals surface area contributed by atoms with Crippen molar-refractivity contribution in [2.45, 2.75) is 38.3 Å². The van der Waals surface area contributed by atoms with Gasteiger partial charge in [-0.1, -0.05) is 12.8 Å². The topological polar surface area (TPSA) is 57.7 Å². The minimum atomic E-state index is -0.986. The summed E-state index contributed by atoms with van der Waals surface area (Å²) in [6.45, 7) is -0.448. The monoisotopic (exact) mass is 308 g/mol. The van der Waals surface area contributed by atoms with Crippen molar-refractivity contribution in [3.05, 3.63) is 35.4 Å². The Hall–Kier alpha value is -2.31. The largest absolute Gasteiger partial charge is 0.334 e. The molecule has 2 aliphatic rings. The maximum Gasteiger partial charge on any atom is 0.334 e. The molecule has 0 N–H and O–H groups in total. The molecule has 2 fully saturated rings. The SMILES string of the molecule is O=C1C(=O)N(C2CCCC2)C(=O)N1Cc1cc(F)ccc1F. The van der Waals surface area contributed by atoms with Crippen LogP contribution in [-0.4, -0.2) is 33.7 Å². The van der Waals surface area contributed by atoms with E-state index in [1.807, 2.05) is 0 Å². The van der Waals surface area contributed by atoms with Crippen LogP contribution in [0.5, 0.6) is 0 Å². The zero-order valence-electron chi connectivity index (χ0n) is 11.7. The van der Waals surface area contributed by atoms with Crippen LogP contribution >= 0.6 is 0 Å². The molecule has 1 aromatic rings. The maximum absolute atomic E-state index is 13.7. The van der Waals surface area contributed by atoms with E-state index in [2.05, 4.69) is 0 Å². The van der Waals surface area contributed by atoms with Crippen LogP contribution in [0.25, 0.3) is 0 Å². The molecule has 0 spiro atoms. The van der Waals surface area contributed by atoms with E-state index < -0.39 is 36.0 Å². The first-order chi connectivity index (χ1) is 10.5. The van der Waals surface area contributed by atoms with Gasteiger partial charge in [-0.25, -0.2) is 13.6 Å². The summed E-state index contributed by atoms with van der Waals surface area (Å²) in [5.41, 5.74) is -0.136. The van der Waals surface area contributed by atoms with Crippen LogP contribution in [0.1, 0.15) is 31.2 Å². The third-order valence-electron chi connectivity index (χ3n) is 4.11. The van der Waals surface area contributed by atoms with E-state index in [0.29, 0.717) is 17.7 Å². The van der Waals surface area contributed by atoms with Crippen LogP contribution < -0.4 is 0 Å². The molecule has 1 aromatic carbocycles. The first-order valence-corrected chi connectivity index (χ1v) is 7.12. The number of carbonyl (C=O) groups excluding carboxylic acids is 3. The number of nitrogens with zero attached hydrogens (tertiary/aromatic N) is 2. The van der Waals surface area contributed by atoms with Gasteiger partial charge in [0.05, 0.1) is 6.54 Å². The van der Waals surface area contributed by atoms with E-state index >= 15 is 0 Å². The molecule has 116 valence electrons. The van der Waals surface area contributed by atoms with E-state index in [4.69, 9.17) is 0 Å². The molecule has 0 unspecified atom stereocenters. The summed E-state index contributed by atoms with van der Waals surface area (Å²) < 4.78 is 26.8. The van der Waals surface area contributed by atoms with Crippen molar-refractivity contribution in [3.8, 4) is 0 Å². The molecule has 7 heteroatoms. The van der Waals surface area contributed by atoms with E-state index in [-0.39, 0.29) is 11.6 Å². The third-order valence-corrected chi connectivity index (χ3v) is 4.11. The molecule has 1 aliphatic carbocycles. The highest BCUT2D eigenvalue weighted by Crippen LogP contribution is 2.28. The molecule has 4 amide bonds. The Morgan fingerprint density at radius 3 is 2.41 bits per heavy atom. The van der Waals surface area contributed by atoms with Crippen LogP contribution in [-0.2, 0) is 16.1 Å². The zero-order chi connectivity index (χ0) is 15.9. The van der Waals surface area contributed by atoms with Gasteiger partial charge < -0.3 is 0 Å². The average molecular weight is 308 g/mol. The van der Waals surface area contributed by atoms with E-state index in [1.165, 1.54) is 0 Å². The van der Waals surface area contributed by atoms with Gasteiger partial charge in [-0.05, 0) is 31.0 Å². The molecule has 22 heavy (non-hydrogen) atoms. The number of benzene rings is 1. The molecule has 0 atom stereocenters. The minimum Gasteiger partial charge on any atom is -0.263 e. The summed E-state index contributed by atoms with van der Waals surface area (Å²) in [5.74, 6) is -3.27. The van der Waals surface area contributed by atoms with Crippen LogP contribution in [0.4, 0.5) is 13.6 Å². The Morgan fingerprint density at radius 1 is 1.05 bits per heavy atom. The Kier molecular flexibility index (Phi) is 3.64. The van der Waals surface area contributed by atoms with Crippen molar-refractivity contribution in [2.75, 3.05) is 0 Å². The summed E-state index contributed by atoms with van der Waals surface area (Å²) >= 11 is 0. The number of hydrogen-bond donors (Lipinski definition) is 0. The van der Waals surface area contributed by atoms with Crippen molar-refractivity contribution < 1.29 is 23.2 Å². The lowest BCUT2D eigenvalue weighted by Gasteiger charge is -2.21. The van der Waals surface area contributed by atoms with E-state index in [0.717, 1.165) is 35.9 Å². The molecular weight excluding hydrogens is 294 g/mol. The molecule has 0 radical (unpaired) electrons. The lowest BCUT2D eigenvalue weighted by Crippen LogP contribution is -2.39. The summed E-state index contributed by atoms with van der Waals surface area (Å²) in [6.07, 6.45) is 3.14. The normalized spacial score (nSPS) is 19.6. The van der Waals surface area contributed by atoms with Gasteiger partial charge in [-0.2, -0.15) is 0 Å². The Bertz CT molecular complexity index is 656. The Labute approximate surface area is 125 Å². The molecule has 1 aliphatic heterocycles. The summed E-state index contributed by atoms with van der Waals surface area (Å²) in [6, 6.07) is 1.77. The van der Waals surface area contributed by atoms with E-state index in [9.17, 15) is 23.2 Å². The minimum absolute atomic E-state index is 0.136. The van der Waals surface area contributed by atoms with Gasteiger partial charge in [0.25, 0.3) is 0 Å². The standard InChI is InChI=1S/C15H14F2N2O3/c16-10-5-6-12(17)9(7-10)8-18-13(20)14(21)19(15(18)22)11-3-1-2-4-11/h5-7,11H,1-4,8H2. The molecule has 0 aromatic heterocycles. The smallest absolute Gasteiger partial charge is 0.263 e. The second kappa shape index (κ2) is 5.47. The number of urea groups is 1. The van der Waals surface area contributed by atoms with Crippen molar-refractivity contribution in [1.82, 2.24) is 9.80 Å². The first kappa shape index (κ1) is 14.6. The van der Waals surface area contributed by atoms with Crippen molar-refractivity contribution in [2.24, 2.45) is 0 Å². The molecule has 3 rings (SSSR count). The Balaban J connectivity index is 1.85. The number of amides is 4. The zero-order valence-corrected chi connectivity index (χ0v) is 11.7. The molecule has 5 nitrogen and oxygen atoms in total. The fourth-order valence-corrected chi connectivity index (χ4v) is 2.98. The predicted molar refractivity (Wildman–Crippen MR) is 71.4 cm³/mol. The summed E-state index contributed by atoms with van der Waals surface area (Å²) in [5, 5.41) is 0. The average Bonchev–Trinajstić information content (AvgIpc) is 3.07. The molecule has 1 saturated carbocycles. The van der Waals surface area contributed by atoms with Gasteiger partial charge in [-0.3, -0.25) is 19.4 Å². The number of imide groups is 2. The Morgan fingerprint density at radius 2 is 1.73 bits per heavy atom. The fourth-order valence-electron chi connectivity index (χ4n) is 2.98. The highest BCUT2D eigenvalue weighted by molar-refractivity contribution is 6.44. The van der Waals surface area contributed by atoms with Gasteiger partial charge in [-0.15, -0.1) is 0 Å². The van der Waals surface area contributed by atoms with Crippen molar-refractivity contribution in [3.63, 3.8) is 0 Å². The number of halogens is 2. The lowest BCUT2D eigenvalue weighted by atomic mass is 10.2. The quantitative estimate of drug-likeness (QED) is 0.635. The summed E-state index contributed by atoms with van der Waals surface area (Å²) in [4.78, 5) is 37.9. The molecule has 1 saturated heterocycles. The van der Waals surface area contributed by atoms with Crippen LogP contribution in [0.3, 0.4) is 0 Å². The van der Waals surface area contributed by atoms with Crippen LogP contribution in [0.2, 0.25) is 0 Å². The van der Waals surface area contributed by atoms with E-state index in [1.54, 1.807) is 0 Å². The second-order valence-electron chi connectivity index (χ2n) is 5.52. The highest BCUT2D eigenvalue weighted by Gasteiger charge is 2.48. The third kappa shape index (κ3) is 2.36. The molecule has 0 bridgehead atoms. The first-order valence-electron chi connectivity index (χ1n) is 7.12. The van der Waals surface area contributed by atoms with Crippen molar-refractivity contribution >= 4 is 17.8 Å². The number of hydrogen-bond acceptors (Lipinski definition) is 3. The van der Waals surface area contributed by atoms with Crippen LogP contribution in [0.15, 0.2) is 18.2 Å². The maximum atomic E-state index is 13.7. The van der Waals surface area contributed by atoms with Gasteiger partial charge in [0.15, 0.2) is 0 Å². The van der Waals surface area contributed by atoms with Gasteiger partial charge in [0.1, 0.15) is 11.6 Å². The van der Waals surface area contributed by atoms with Crippen molar-refractivity contribution in [1.29, 1.82) is 0 Å². The number of rotatable bonds is 3. The molecular formula is C15H14F2N2O3. The predicted octanol–water partition coefficient (Wildman–Crippen LogP) is 2.20.